The van der Waals surface area contributed by atoms with Crippen LogP contribution in [0.3, 0.4) is 0 Å². The summed E-state index contributed by atoms with van der Waals surface area (Å²) in [4.78, 5) is 18.0. The number of rotatable bonds is 4. The molecule has 1 aliphatic heterocycles. The van der Waals surface area contributed by atoms with Crippen molar-refractivity contribution in [2.24, 2.45) is 0 Å². The molecule has 0 aromatic carbocycles. The van der Waals surface area contributed by atoms with Gasteiger partial charge in [-0.2, -0.15) is 0 Å². The normalized spacial score (nSPS) is 18.7. The zero-order valence-corrected chi connectivity index (χ0v) is 10.8. The second kappa shape index (κ2) is 5.82. The van der Waals surface area contributed by atoms with E-state index >= 15 is 0 Å². The van der Waals surface area contributed by atoms with Crippen molar-refractivity contribution in [3.8, 4) is 0 Å². The van der Waals surface area contributed by atoms with Crippen molar-refractivity contribution in [3.63, 3.8) is 0 Å². The largest absolute Gasteiger partial charge is 0.370 e. The van der Waals surface area contributed by atoms with Crippen molar-refractivity contribution >= 4 is 17.4 Å². The number of carbonyl (C=O) groups excluding carboxylic acids is 1. The van der Waals surface area contributed by atoms with Crippen molar-refractivity contribution in [1.82, 2.24) is 4.98 Å². The molecule has 1 fully saturated rings. The molecule has 1 N–H and O–H groups in total. The number of hydrogen-bond donors (Lipinski definition) is 1. The first-order valence-electron chi connectivity index (χ1n) is 6.31. The summed E-state index contributed by atoms with van der Waals surface area (Å²) in [5.41, 5.74) is 0.789. The van der Waals surface area contributed by atoms with Gasteiger partial charge in [0.25, 0.3) is 5.91 Å². The van der Waals surface area contributed by atoms with E-state index in [0.29, 0.717) is 6.61 Å². The van der Waals surface area contributed by atoms with Gasteiger partial charge in [0.15, 0.2) is 0 Å². The lowest BCUT2D eigenvalue weighted by Crippen LogP contribution is -2.36. The Morgan fingerprint density at radius 1 is 1.61 bits per heavy atom. The summed E-state index contributed by atoms with van der Waals surface area (Å²) in [6.07, 6.45) is 3.18. The Balaban J connectivity index is 2.03. The third kappa shape index (κ3) is 2.79. The van der Waals surface area contributed by atoms with Gasteiger partial charge in [-0.15, -0.1) is 0 Å². The molecule has 18 heavy (non-hydrogen) atoms. The number of pyridine rings is 1. The molecule has 0 saturated carbocycles. The summed E-state index contributed by atoms with van der Waals surface area (Å²) in [6, 6.07) is 3.76. The minimum Gasteiger partial charge on any atom is -0.370 e. The summed E-state index contributed by atoms with van der Waals surface area (Å²) in [5.74, 6) is 0.824. The van der Waals surface area contributed by atoms with E-state index < -0.39 is 0 Å². The van der Waals surface area contributed by atoms with Gasteiger partial charge in [0.2, 0.25) is 0 Å². The molecule has 2 rings (SSSR count). The fourth-order valence-electron chi connectivity index (χ4n) is 1.99. The first-order valence-corrected chi connectivity index (χ1v) is 6.31. The maximum Gasteiger partial charge on any atom is 0.255 e. The first-order chi connectivity index (χ1) is 8.72. The predicted octanol–water partition coefficient (Wildman–Crippen LogP) is 1.66. The van der Waals surface area contributed by atoms with Crippen LogP contribution in [-0.2, 0) is 9.53 Å². The lowest BCUT2D eigenvalue weighted by Gasteiger charge is -2.20. The van der Waals surface area contributed by atoms with Crippen LogP contribution in [0.5, 0.6) is 0 Å². The van der Waals surface area contributed by atoms with Gasteiger partial charge >= 0.3 is 0 Å². The van der Waals surface area contributed by atoms with E-state index in [-0.39, 0.29) is 12.0 Å². The monoisotopic (exact) mass is 249 g/mol. The second-order valence-corrected chi connectivity index (χ2v) is 4.33. The van der Waals surface area contributed by atoms with Crippen LogP contribution in [-0.4, -0.2) is 37.2 Å². The van der Waals surface area contributed by atoms with Crippen molar-refractivity contribution in [2.75, 3.05) is 30.4 Å². The number of amides is 1. The molecule has 1 aromatic rings. The molecule has 1 saturated heterocycles. The maximum atomic E-state index is 12.1. The van der Waals surface area contributed by atoms with Crippen LogP contribution in [0.1, 0.15) is 19.8 Å². The summed E-state index contributed by atoms with van der Waals surface area (Å²) in [5, 5.41) is 3.12. The average molecular weight is 249 g/mol. The third-order valence-corrected chi connectivity index (χ3v) is 3.03. The summed E-state index contributed by atoms with van der Waals surface area (Å²) >= 11 is 0. The van der Waals surface area contributed by atoms with Crippen LogP contribution in [0.2, 0.25) is 0 Å². The molecule has 1 aliphatic rings. The van der Waals surface area contributed by atoms with Gasteiger partial charge in [0.05, 0.1) is 11.9 Å². The van der Waals surface area contributed by atoms with Crippen LogP contribution >= 0.6 is 0 Å². The van der Waals surface area contributed by atoms with Crippen molar-refractivity contribution in [1.29, 1.82) is 0 Å². The van der Waals surface area contributed by atoms with E-state index in [1.165, 1.54) is 0 Å². The van der Waals surface area contributed by atoms with Crippen molar-refractivity contribution in [3.05, 3.63) is 18.3 Å². The number of aromatic nitrogens is 1. The van der Waals surface area contributed by atoms with Crippen molar-refractivity contribution < 1.29 is 9.53 Å². The number of anilines is 2. The SMILES string of the molecule is CCNc1ccc(N(C)C(=O)C2CCCO2)cn1. The second-order valence-electron chi connectivity index (χ2n) is 4.33. The molecule has 5 nitrogen and oxygen atoms in total. The van der Waals surface area contributed by atoms with Crippen molar-refractivity contribution in [2.45, 2.75) is 25.9 Å². The Labute approximate surface area is 107 Å². The molecule has 1 aromatic heterocycles. The number of carbonyl (C=O) groups is 1. The Bertz CT molecular complexity index is 399. The smallest absolute Gasteiger partial charge is 0.255 e. The molecular formula is C13H19N3O2. The highest BCUT2D eigenvalue weighted by atomic mass is 16.5. The molecule has 1 unspecified atom stereocenters. The van der Waals surface area contributed by atoms with Crippen LogP contribution < -0.4 is 10.2 Å². The number of nitrogens with one attached hydrogen (secondary N) is 1. The minimum absolute atomic E-state index is 0.00509. The summed E-state index contributed by atoms with van der Waals surface area (Å²) in [7, 11) is 1.76. The van der Waals surface area contributed by atoms with Gasteiger partial charge in [-0.25, -0.2) is 4.98 Å². The van der Waals surface area contributed by atoms with Crippen LogP contribution in [0, 0.1) is 0 Å². The first kappa shape index (κ1) is 12.8. The van der Waals surface area contributed by atoms with Gasteiger partial charge in [-0.05, 0) is 31.9 Å². The van der Waals surface area contributed by atoms with Gasteiger partial charge in [-0.1, -0.05) is 0 Å². The van der Waals surface area contributed by atoms with Crippen LogP contribution in [0.25, 0.3) is 0 Å². The van der Waals surface area contributed by atoms with Gasteiger partial charge in [0, 0.05) is 20.2 Å². The molecular weight excluding hydrogens is 230 g/mol. The van der Waals surface area contributed by atoms with Crippen LogP contribution in [0.4, 0.5) is 11.5 Å². The Kier molecular flexibility index (Phi) is 4.15. The lowest BCUT2D eigenvalue weighted by molar-refractivity contribution is -0.127. The Hall–Kier alpha value is -1.62. The standard InChI is InChI=1S/C13H19N3O2/c1-3-14-12-7-6-10(9-15-12)16(2)13(17)11-5-4-8-18-11/h6-7,9,11H,3-5,8H2,1-2H3,(H,14,15). The topological polar surface area (TPSA) is 54.5 Å². The number of ether oxygens (including phenoxy) is 1. The highest BCUT2D eigenvalue weighted by Gasteiger charge is 2.27. The lowest BCUT2D eigenvalue weighted by atomic mass is 10.2. The van der Waals surface area contributed by atoms with E-state index in [1.54, 1.807) is 18.1 Å². The minimum atomic E-state index is -0.288. The predicted molar refractivity (Wildman–Crippen MR) is 70.8 cm³/mol. The van der Waals surface area contributed by atoms with E-state index in [0.717, 1.165) is 30.9 Å². The molecule has 1 atom stereocenters. The zero-order valence-electron chi connectivity index (χ0n) is 10.8. The molecule has 0 radical (unpaired) electrons. The summed E-state index contributed by atoms with van der Waals surface area (Å²) < 4.78 is 5.40. The van der Waals surface area contributed by atoms with E-state index in [1.807, 2.05) is 19.1 Å². The number of likely N-dealkylation sites (N-methyl/N-ethyl adjacent to an activating group) is 1. The molecule has 0 aliphatic carbocycles. The highest BCUT2D eigenvalue weighted by molar-refractivity contribution is 5.96. The quantitative estimate of drug-likeness (QED) is 0.881. The zero-order chi connectivity index (χ0) is 13.0. The van der Waals surface area contributed by atoms with Gasteiger partial charge in [-0.3, -0.25) is 4.79 Å². The molecule has 0 spiro atoms. The highest BCUT2D eigenvalue weighted by Crippen LogP contribution is 2.19. The van der Waals surface area contributed by atoms with E-state index in [4.69, 9.17) is 4.74 Å². The number of hydrogen-bond acceptors (Lipinski definition) is 4. The fraction of sp³-hybridized carbons (Fsp3) is 0.538. The van der Waals surface area contributed by atoms with E-state index in [2.05, 4.69) is 10.3 Å². The van der Waals surface area contributed by atoms with Gasteiger partial charge in [0.1, 0.15) is 11.9 Å². The number of nitrogens with zero attached hydrogens (tertiary/aromatic N) is 2. The average Bonchev–Trinajstić information content (AvgIpc) is 2.92. The molecule has 1 amide bonds. The molecule has 5 heteroatoms. The fourth-order valence-corrected chi connectivity index (χ4v) is 1.99. The Morgan fingerprint density at radius 3 is 3.00 bits per heavy atom. The molecule has 0 bridgehead atoms. The van der Waals surface area contributed by atoms with E-state index in [9.17, 15) is 4.79 Å². The third-order valence-electron chi connectivity index (χ3n) is 3.03. The maximum absolute atomic E-state index is 12.1. The molecule has 2 heterocycles. The Morgan fingerprint density at radius 2 is 2.44 bits per heavy atom. The van der Waals surface area contributed by atoms with Gasteiger partial charge < -0.3 is 15.0 Å². The summed E-state index contributed by atoms with van der Waals surface area (Å²) in [6.45, 7) is 3.53. The molecule has 98 valence electrons. The van der Waals surface area contributed by atoms with Crippen LogP contribution in [0.15, 0.2) is 18.3 Å².